The van der Waals surface area contributed by atoms with Crippen molar-refractivity contribution in [3.8, 4) is 6.07 Å². The van der Waals surface area contributed by atoms with Gasteiger partial charge >= 0.3 is 0 Å². The lowest BCUT2D eigenvalue weighted by Crippen LogP contribution is -2.41. The molecule has 0 saturated carbocycles. The molecule has 25 heavy (non-hydrogen) atoms. The maximum Gasteiger partial charge on any atom is 0.263 e. The number of aromatic amines is 1. The molecule has 2 aromatic rings. The summed E-state index contributed by atoms with van der Waals surface area (Å²) in [5.74, 6) is -0.383. The summed E-state index contributed by atoms with van der Waals surface area (Å²) in [6.07, 6.45) is 3.15. The van der Waals surface area contributed by atoms with Crippen molar-refractivity contribution in [1.82, 2.24) is 20.4 Å². The molecule has 0 spiro atoms. The van der Waals surface area contributed by atoms with E-state index in [2.05, 4.69) is 25.7 Å². The van der Waals surface area contributed by atoms with E-state index in [1.807, 2.05) is 24.3 Å². The Kier molecular flexibility index (Phi) is 5.61. The van der Waals surface area contributed by atoms with E-state index >= 15 is 0 Å². The van der Waals surface area contributed by atoms with Gasteiger partial charge in [0.15, 0.2) is 0 Å². The Morgan fingerprint density at radius 1 is 1.44 bits per heavy atom. The van der Waals surface area contributed by atoms with Crippen LogP contribution in [-0.4, -0.2) is 60.4 Å². The summed E-state index contributed by atoms with van der Waals surface area (Å²) in [5, 5.41) is 22.8. The van der Waals surface area contributed by atoms with Crippen molar-refractivity contribution in [1.29, 1.82) is 5.26 Å². The van der Waals surface area contributed by atoms with Gasteiger partial charge in [0.2, 0.25) is 0 Å². The van der Waals surface area contributed by atoms with E-state index in [0.29, 0.717) is 6.54 Å². The summed E-state index contributed by atoms with van der Waals surface area (Å²) >= 11 is 0. The Labute approximate surface area is 145 Å². The summed E-state index contributed by atoms with van der Waals surface area (Å²) in [6.45, 7) is 4.43. The highest BCUT2D eigenvalue weighted by Gasteiger charge is 2.12. The number of nitrogens with one attached hydrogen (secondary N) is 3. The van der Waals surface area contributed by atoms with E-state index in [1.54, 1.807) is 6.20 Å². The van der Waals surface area contributed by atoms with Crippen molar-refractivity contribution in [3.05, 3.63) is 36.2 Å². The number of morpholine rings is 1. The van der Waals surface area contributed by atoms with Crippen LogP contribution in [0.25, 0.3) is 10.9 Å². The van der Waals surface area contributed by atoms with E-state index in [9.17, 15) is 10.1 Å². The Hall–Kier alpha value is -2.89. The third kappa shape index (κ3) is 4.56. The molecule has 1 aromatic carbocycles. The summed E-state index contributed by atoms with van der Waals surface area (Å²) in [4.78, 5) is 14.3. The van der Waals surface area contributed by atoms with Gasteiger partial charge < -0.3 is 15.4 Å². The fourth-order valence-electron chi connectivity index (χ4n) is 2.58. The minimum atomic E-state index is -0.383. The molecule has 0 bridgehead atoms. The van der Waals surface area contributed by atoms with E-state index in [0.717, 1.165) is 49.4 Å². The number of hydrogen-bond donors (Lipinski definition) is 3. The van der Waals surface area contributed by atoms with Crippen LogP contribution in [-0.2, 0) is 9.53 Å². The normalized spacial score (nSPS) is 15.7. The lowest BCUT2D eigenvalue weighted by Gasteiger charge is -2.26. The van der Waals surface area contributed by atoms with Crippen molar-refractivity contribution in [2.75, 3.05) is 44.7 Å². The van der Waals surface area contributed by atoms with Crippen LogP contribution in [0.4, 0.5) is 5.69 Å². The second-order valence-corrected chi connectivity index (χ2v) is 5.70. The third-order valence-corrected chi connectivity index (χ3v) is 4.01. The van der Waals surface area contributed by atoms with Crippen LogP contribution in [0.15, 0.2) is 36.2 Å². The summed E-state index contributed by atoms with van der Waals surface area (Å²) in [5.41, 5.74) is 1.68. The Balaban J connectivity index is 1.52. The quantitative estimate of drug-likeness (QED) is 0.531. The highest BCUT2D eigenvalue weighted by Crippen LogP contribution is 2.16. The zero-order chi connectivity index (χ0) is 17.5. The molecule has 8 nitrogen and oxygen atoms in total. The average molecular weight is 340 g/mol. The smallest absolute Gasteiger partial charge is 0.263 e. The average Bonchev–Trinajstić information content (AvgIpc) is 3.11. The van der Waals surface area contributed by atoms with Crippen molar-refractivity contribution in [3.63, 3.8) is 0 Å². The molecule has 1 aliphatic heterocycles. The second-order valence-electron chi connectivity index (χ2n) is 5.70. The number of nitriles is 1. The molecule has 0 aliphatic carbocycles. The minimum absolute atomic E-state index is 0.0340. The summed E-state index contributed by atoms with van der Waals surface area (Å²) in [6, 6.07) is 7.56. The first-order valence-electron chi connectivity index (χ1n) is 8.14. The van der Waals surface area contributed by atoms with Crippen LogP contribution in [0, 0.1) is 11.3 Å². The van der Waals surface area contributed by atoms with Gasteiger partial charge in [-0.25, -0.2) is 0 Å². The Morgan fingerprint density at radius 2 is 2.28 bits per heavy atom. The zero-order valence-electron chi connectivity index (χ0n) is 13.8. The number of carbonyl (C=O) groups is 1. The standard InChI is InChI=1S/C17H20N6O2/c18-10-14(17(24)19-3-4-23-5-7-25-8-6-23)11-20-15-2-1-13-12-21-22-16(13)9-15/h1-2,9,11-12,20H,3-8H2,(H,19,24)(H,21,22)/b14-11-. The van der Waals surface area contributed by atoms with Gasteiger partial charge in [-0.05, 0) is 18.2 Å². The summed E-state index contributed by atoms with van der Waals surface area (Å²) in [7, 11) is 0. The zero-order valence-corrected chi connectivity index (χ0v) is 13.8. The van der Waals surface area contributed by atoms with E-state index in [4.69, 9.17) is 4.74 Å². The van der Waals surface area contributed by atoms with Gasteiger partial charge in [0.05, 0.1) is 24.9 Å². The highest BCUT2D eigenvalue weighted by atomic mass is 16.5. The van der Waals surface area contributed by atoms with Crippen LogP contribution in [0.2, 0.25) is 0 Å². The molecule has 1 aliphatic rings. The number of aromatic nitrogens is 2. The van der Waals surface area contributed by atoms with Crippen molar-refractivity contribution in [2.45, 2.75) is 0 Å². The predicted molar refractivity (Wildman–Crippen MR) is 93.7 cm³/mol. The first-order chi connectivity index (χ1) is 12.3. The van der Waals surface area contributed by atoms with E-state index in [1.165, 1.54) is 6.20 Å². The number of amides is 1. The van der Waals surface area contributed by atoms with Gasteiger partial charge in [0.25, 0.3) is 5.91 Å². The fourth-order valence-corrected chi connectivity index (χ4v) is 2.58. The number of hydrogen-bond acceptors (Lipinski definition) is 6. The molecular formula is C17H20N6O2. The van der Waals surface area contributed by atoms with Gasteiger partial charge in [-0.1, -0.05) is 0 Å². The molecule has 1 fully saturated rings. The Morgan fingerprint density at radius 3 is 3.08 bits per heavy atom. The van der Waals surface area contributed by atoms with Crippen LogP contribution in [0.1, 0.15) is 0 Å². The third-order valence-electron chi connectivity index (χ3n) is 4.01. The number of fused-ring (bicyclic) bond motifs is 1. The molecule has 0 radical (unpaired) electrons. The number of rotatable bonds is 6. The maximum absolute atomic E-state index is 12.1. The number of nitrogens with zero attached hydrogens (tertiary/aromatic N) is 3. The molecule has 2 heterocycles. The fraction of sp³-hybridized carbons (Fsp3) is 0.353. The second kappa shape index (κ2) is 8.28. The first kappa shape index (κ1) is 17.0. The van der Waals surface area contributed by atoms with Crippen LogP contribution in [0.3, 0.4) is 0 Å². The lowest BCUT2D eigenvalue weighted by atomic mass is 10.2. The van der Waals surface area contributed by atoms with Crippen LogP contribution >= 0.6 is 0 Å². The number of ether oxygens (including phenoxy) is 1. The maximum atomic E-state index is 12.1. The molecule has 1 saturated heterocycles. The van der Waals surface area contributed by atoms with Gasteiger partial charge in [-0.3, -0.25) is 14.8 Å². The first-order valence-corrected chi connectivity index (χ1v) is 8.14. The van der Waals surface area contributed by atoms with E-state index in [-0.39, 0.29) is 11.5 Å². The van der Waals surface area contributed by atoms with Crippen LogP contribution in [0.5, 0.6) is 0 Å². The van der Waals surface area contributed by atoms with Crippen molar-refractivity contribution >= 4 is 22.5 Å². The molecule has 3 rings (SSSR count). The molecule has 3 N–H and O–H groups in total. The van der Waals surface area contributed by atoms with Gasteiger partial charge in [-0.15, -0.1) is 0 Å². The topological polar surface area (TPSA) is 106 Å². The van der Waals surface area contributed by atoms with Gasteiger partial charge in [-0.2, -0.15) is 10.4 Å². The lowest BCUT2D eigenvalue weighted by molar-refractivity contribution is -0.117. The minimum Gasteiger partial charge on any atom is -0.379 e. The van der Waals surface area contributed by atoms with Crippen LogP contribution < -0.4 is 10.6 Å². The Bertz CT molecular complexity index is 801. The monoisotopic (exact) mass is 340 g/mol. The molecule has 130 valence electrons. The molecule has 8 heteroatoms. The molecule has 1 amide bonds. The number of carbonyl (C=O) groups excluding carboxylic acids is 1. The van der Waals surface area contributed by atoms with Crippen molar-refractivity contribution < 1.29 is 9.53 Å². The number of benzene rings is 1. The predicted octanol–water partition coefficient (Wildman–Crippen LogP) is 0.831. The number of H-pyrrole nitrogens is 1. The number of anilines is 1. The highest BCUT2D eigenvalue weighted by molar-refractivity contribution is 5.97. The summed E-state index contributed by atoms with van der Waals surface area (Å²) < 4.78 is 5.28. The molecular weight excluding hydrogens is 320 g/mol. The van der Waals surface area contributed by atoms with Gasteiger partial charge in [0.1, 0.15) is 11.6 Å². The van der Waals surface area contributed by atoms with E-state index < -0.39 is 0 Å². The SMILES string of the molecule is N#C/C(=C/Nc1ccc2cn[nH]c2c1)C(=O)NCCN1CCOCC1. The molecule has 0 unspecified atom stereocenters. The van der Waals surface area contributed by atoms with Crippen molar-refractivity contribution in [2.24, 2.45) is 0 Å². The largest absolute Gasteiger partial charge is 0.379 e. The van der Waals surface area contributed by atoms with Gasteiger partial charge in [0, 0.05) is 43.5 Å². The molecule has 0 atom stereocenters. The molecule has 1 aromatic heterocycles.